The third-order valence-electron chi connectivity index (χ3n) is 3.38. The first-order valence-corrected chi connectivity index (χ1v) is 6.79. The van der Waals surface area contributed by atoms with E-state index in [2.05, 4.69) is 12.2 Å². The van der Waals surface area contributed by atoms with Gasteiger partial charge >= 0.3 is 0 Å². The zero-order valence-corrected chi connectivity index (χ0v) is 10.6. The summed E-state index contributed by atoms with van der Waals surface area (Å²) in [5, 5.41) is 3.62. The second-order valence-electron chi connectivity index (χ2n) is 4.78. The lowest BCUT2D eigenvalue weighted by Gasteiger charge is -2.16. The van der Waals surface area contributed by atoms with Crippen molar-refractivity contribution in [2.24, 2.45) is 0 Å². The highest BCUT2D eigenvalue weighted by Crippen LogP contribution is 2.10. The average molecular weight is 226 g/mol. The van der Waals surface area contributed by atoms with Crippen LogP contribution in [0.4, 0.5) is 0 Å². The first kappa shape index (κ1) is 13.5. The van der Waals surface area contributed by atoms with Gasteiger partial charge in [0.25, 0.3) is 0 Å². The van der Waals surface area contributed by atoms with Crippen molar-refractivity contribution in [3.8, 4) is 0 Å². The van der Waals surface area contributed by atoms with Gasteiger partial charge in [-0.2, -0.15) is 0 Å². The second kappa shape index (κ2) is 8.57. The van der Waals surface area contributed by atoms with Gasteiger partial charge in [0, 0.05) is 19.1 Å². The van der Waals surface area contributed by atoms with Crippen LogP contribution >= 0.6 is 0 Å². The smallest absolute Gasteiger partial charge is 0.209 e. The first-order valence-electron chi connectivity index (χ1n) is 6.79. The molecule has 94 valence electrons. The molecule has 1 atom stereocenters. The normalized spacial score (nSPS) is 21.8. The van der Waals surface area contributed by atoms with Crippen LogP contribution in [0.5, 0.6) is 0 Å². The van der Waals surface area contributed by atoms with Crippen LogP contribution in [0.2, 0.25) is 0 Å². The zero-order chi connectivity index (χ0) is 11.6. The molecule has 1 aliphatic rings. The first-order chi connectivity index (χ1) is 7.86. The molecule has 0 aliphatic carbocycles. The van der Waals surface area contributed by atoms with E-state index in [0.29, 0.717) is 6.04 Å². The van der Waals surface area contributed by atoms with E-state index in [9.17, 15) is 4.79 Å². The Morgan fingerprint density at radius 3 is 2.88 bits per heavy atom. The second-order valence-corrected chi connectivity index (χ2v) is 4.78. The summed E-state index contributed by atoms with van der Waals surface area (Å²) in [5.74, 6) is 0. The Kier molecular flexibility index (Phi) is 7.23. The fourth-order valence-corrected chi connectivity index (χ4v) is 2.29. The molecule has 0 bridgehead atoms. The van der Waals surface area contributed by atoms with E-state index in [1.54, 1.807) is 0 Å². The van der Waals surface area contributed by atoms with Gasteiger partial charge in [-0.25, -0.2) is 0 Å². The van der Waals surface area contributed by atoms with Crippen LogP contribution in [0.1, 0.15) is 51.9 Å². The third-order valence-corrected chi connectivity index (χ3v) is 3.38. The number of likely N-dealkylation sites (tertiary alicyclic amines) is 1. The maximum absolute atomic E-state index is 10.7. The van der Waals surface area contributed by atoms with Crippen molar-refractivity contribution in [3.63, 3.8) is 0 Å². The maximum Gasteiger partial charge on any atom is 0.209 e. The zero-order valence-electron chi connectivity index (χ0n) is 10.6. The quantitative estimate of drug-likeness (QED) is 0.533. The standard InChI is InChI=1S/C13H26N2O/c1-2-3-4-5-9-14-13-7-6-10-15(12-16)11-8-13/h12-14H,2-11H2,1H3. The van der Waals surface area contributed by atoms with Crippen molar-refractivity contribution in [2.45, 2.75) is 57.9 Å². The van der Waals surface area contributed by atoms with Crippen molar-refractivity contribution in [3.05, 3.63) is 0 Å². The summed E-state index contributed by atoms with van der Waals surface area (Å²) in [6.45, 7) is 5.26. The Hall–Kier alpha value is -0.570. The van der Waals surface area contributed by atoms with E-state index in [0.717, 1.165) is 38.9 Å². The Morgan fingerprint density at radius 2 is 2.12 bits per heavy atom. The highest BCUT2D eigenvalue weighted by Gasteiger charge is 2.14. The minimum atomic E-state index is 0.631. The summed E-state index contributed by atoms with van der Waals surface area (Å²) >= 11 is 0. The van der Waals surface area contributed by atoms with Gasteiger partial charge in [0.15, 0.2) is 0 Å². The maximum atomic E-state index is 10.7. The lowest BCUT2D eigenvalue weighted by Crippen LogP contribution is -2.31. The molecule has 1 saturated heterocycles. The van der Waals surface area contributed by atoms with Crippen molar-refractivity contribution in [1.82, 2.24) is 10.2 Å². The molecule has 16 heavy (non-hydrogen) atoms. The van der Waals surface area contributed by atoms with E-state index in [1.807, 2.05) is 4.90 Å². The van der Waals surface area contributed by atoms with Crippen LogP contribution in [-0.4, -0.2) is 37.0 Å². The molecule has 1 N–H and O–H groups in total. The van der Waals surface area contributed by atoms with Gasteiger partial charge < -0.3 is 10.2 Å². The molecule has 1 unspecified atom stereocenters. The molecule has 3 nitrogen and oxygen atoms in total. The molecule has 1 amide bonds. The summed E-state index contributed by atoms with van der Waals surface area (Å²) in [5.41, 5.74) is 0. The number of carbonyl (C=O) groups is 1. The molecule has 0 saturated carbocycles. The minimum absolute atomic E-state index is 0.631. The summed E-state index contributed by atoms with van der Waals surface area (Å²) in [7, 11) is 0. The van der Waals surface area contributed by atoms with Crippen LogP contribution < -0.4 is 5.32 Å². The molecule has 0 radical (unpaired) electrons. The number of rotatable bonds is 7. The Labute approximate surface area is 99.6 Å². The lowest BCUT2D eigenvalue weighted by atomic mass is 10.1. The number of hydrogen-bond donors (Lipinski definition) is 1. The minimum Gasteiger partial charge on any atom is -0.345 e. The van der Waals surface area contributed by atoms with E-state index in [-0.39, 0.29) is 0 Å². The highest BCUT2D eigenvalue weighted by atomic mass is 16.1. The van der Waals surface area contributed by atoms with Crippen LogP contribution in [0.25, 0.3) is 0 Å². The Morgan fingerprint density at radius 1 is 1.25 bits per heavy atom. The number of nitrogens with one attached hydrogen (secondary N) is 1. The van der Waals surface area contributed by atoms with Gasteiger partial charge in [-0.15, -0.1) is 0 Å². The number of carbonyl (C=O) groups excluding carboxylic acids is 1. The van der Waals surface area contributed by atoms with Crippen LogP contribution in [0, 0.1) is 0 Å². The molecule has 0 spiro atoms. The van der Waals surface area contributed by atoms with E-state index in [1.165, 1.54) is 32.1 Å². The van der Waals surface area contributed by atoms with Crippen LogP contribution in [0.15, 0.2) is 0 Å². The molecule has 0 aromatic rings. The van der Waals surface area contributed by atoms with E-state index >= 15 is 0 Å². The number of nitrogens with zero attached hydrogens (tertiary/aromatic N) is 1. The lowest BCUT2D eigenvalue weighted by molar-refractivity contribution is -0.118. The van der Waals surface area contributed by atoms with Crippen molar-refractivity contribution >= 4 is 6.41 Å². The summed E-state index contributed by atoms with van der Waals surface area (Å²) in [6.07, 6.45) is 9.76. The molecular weight excluding hydrogens is 200 g/mol. The average Bonchev–Trinajstić information content (AvgIpc) is 2.54. The van der Waals surface area contributed by atoms with Crippen molar-refractivity contribution in [1.29, 1.82) is 0 Å². The summed E-state index contributed by atoms with van der Waals surface area (Å²) in [4.78, 5) is 12.6. The monoisotopic (exact) mass is 226 g/mol. The number of unbranched alkanes of at least 4 members (excludes halogenated alkanes) is 3. The molecule has 1 aliphatic heterocycles. The summed E-state index contributed by atoms with van der Waals surface area (Å²) in [6, 6.07) is 0.631. The van der Waals surface area contributed by atoms with Gasteiger partial charge in [-0.3, -0.25) is 4.79 Å². The van der Waals surface area contributed by atoms with Gasteiger partial charge in [-0.05, 0) is 32.2 Å². The highest BCUT2D eigenvalue weighted by molar-refractivity contribution is 5.46. The van der Waals surface area contributed by atoms with Gasteiger partial charge in [-0.1, -0.05) is 26.2 Å². The van der Waals surface area contributed by atoms with Crippen molar-refractivity contribution in [2.75, 3.05) is 19.6 Å². The SMILES string of the molecule is CCCCCCNC1CCCN(C=O)CC1. The topological polar surface area (TPSA) is 32.3 Å². The molecule has 0 aromatic carbocycles. The number of hydrogen-bond acceptors (Lipinski definition) is 2. The van der Waals surface area contributed by atoms with Gasteiger partial charge in [0.2, 0.25) is 6.41 Å². The molecule has 1 fully saturated rings. The fourth-order valence-electron chi connectivity index (χ4n) is 2.29. The number of amides is 1. The van der Waals surface area contributed by atoms with Crippen LogP contribution in [-0.2, 0) is 4.79 Å². The van der Waals surface area contributed by atoms with Gasteiger partial charge in [0.05, 0.1) is 0 Å². The molecule has 0 aromatic heterocycles. The Bertz CT molecular complexity index is 185. The van der Waals surface area contributed by atoms with Crippen LogP contribution in [0.3, 0.4) is 0 Å². The predicted octanol–water partition coefficient (Wildman–Crippen LogP) is 2.17. The summed E-state index contributed by atoms with van der Waals surface area (Å²) < 4.78 is 0. The molecule has 1 rings (SSSR count). The molecular formula is C13H26N2O. The Balaban J connectivity index is 2.06. The van der Waals surface area contributed by atoms with Gasteiger partial charge in [0.1, 0.15) is 0 Å². The third kappa shape index (κ3) is 5.50. The largest absolute Gasteiger partial charge is 0.345 e. The van der Waals surface area contributed by atoms with E-state index < -0.39 is 0 Å². The van der Waals surface area contributed by atoms with E-state index in [4.69, 9.17) is 0 Å². The molecule has 3 heteroatoms. The van der Waals surface area contributed by atoms with Crippen molar-refractivity contribution < 1.29 is 4.79 Å². The fraction of sp³-hybridized carbons (Fsp3) is 0.923. The molecule has 1 heterocycles. The predicted molar refractivity (Wildman–Crippen MR) is 67.4 cm³/mol.